The summed E-state index contributed by atoms with van der Waals surface area (Å²) in [6.07, 6.45) is 3.74. The van der Waals surface area contributed by atoms with Gasteiger partial charge in [-0.1, -0.05) is 36.4 Å². The van der Waals surface area contributed by atoms with Crippen LogP contribution >= 0.6 is 11.6 Å². The Morgan fingerprint density at radius 3 is 2.47 bits per heavy atom. The lowest BCUT2D eigenvalue weighted by Crippen LogP contribution is -1.99. The van der Waals surface area contributed by atoms with Crippen molar-refractivity contribution in [3.8, 4) is 0 Å². The second-order valence-corrected chi connectivity index (χ2v) is 3.63. The van der Waals surface area contributed by atoms with Crippen LogP contribution in [-0.2, 0) is 9.53 Å². The number of ether oxygens (including phenoxy) is 1. The molecule has 0 spiro atoms. The number of benzene rings is 1. The minimum atomic E-state index is -0.282. The van der Waals surface area contributed by atoms with Crippen molar-refractivity contribution in [3.05, 3.63) is 41.5 Å². The van der Waals surface area contributed by atoms with E-state index in [0.29, 0.717) is 5.56 Å². The van der Waals surface area contributed by atoms with Gasteiger partial charge in [-0.25, -0.2) is 0 Å². The zero-order chi connectivity index (χ0) is 12.7. The molecule has 0 saturated heterocycles. The fourth-order valence-electron chi connectivity index (χ4n) is 1.23. The third kappa shape index (κ3) is 4.41. The van der Waals surface area contributed by atoms with Gasteiger partial charge in [-0.05, 0) is 5.56 Å². The highest BCUT2D eigenvalue weighted by Gasteiger charge is 2.02. The molecule has 0 aliphatic heterocycles. The number of ketones is 1. The molecule has 0 aliphatic carbocycles. The number of hydrogen-bond acceptors (Lipinski definition) is 3. The Kier molecular flexibility index (Phi) is 5.43. The van der Waals surface area contributed by atoms with Crippen molar-refractivity contribution in [1.82, 2.24) is 0 Å². The molecule has 0 bridgehead atoms. The van der Waals surface area contributed by atoms with Crippen LogP contribution in [0, 0.1) is 0 Å². The predicted molar refractivity (Wildman–Crippen MR) is 67.2 cm³/mol. The van der Waals surface area contributed by atoms with Crippen LogP contribution in [0.5, 0.6) is 0 Å². The van der Waals surface area contributed by atoms with E-state index in [2.05, 4.69) is 4.74 Å². The molecular weight excluding hydrogens is 240 g/mol. The first kappa shape index (κ1) is 13.5. The van der Waals surface area contributed by atoms with Gasteiger partial charge in [-0.2, -0.15) is 0 Å². The molecule has 90 valence electrons. The number of esters is 1. The zero-order valence-electron chi connectivity index (χ0n) is 9.48. The van der Waals surface area contributed by atoms with Gasteiger partial charge in [0.2, 0.25) is 0 Å². The topological polar surface area (TPSA) is 43.4 Å². The third-order valence-electron chi connectivity index (χ3n) is 2.18. The molecule has 0 N–H and O–H groups in total. The van der Waals surface area contributed by atoms with Gasteiger partial charge >= 0.3 is 5.97 Å². The number of halogens is 1. The average Bonchev–Trinajstić information content (AvgIpc) is 2.38. The highest BCUT2D eigenvalue weighted by Crippen LogP contribution is 2.08. The molecule has 1 aromatic rings. The van der Waals surface area contributed by atoms with E-state index in [9.17, 15) is 9.59 Å². The highest BCUT2D eigenvalue weighted by molar-refractivity contribution is 6.30. The Morgan fingerprint density at radius 1 is 1.29 bits per heavy atom. The van der Waals surface area contributed by atoms with Gasteiger partial charge in [-0.15, -0.1) is 11.6 Å². The Balaban J connectivity index is 2.62. The summed E-state index contributed by atoms with van der Waals surface area (Å²) in [6, 6.07) is 7.02. The van der Waals surface area contributed by atoms with Crippen LogP contribution in [0.3, 0.4) is 0 Å². The lowest BCUT2D eigenvalue weighted by Gasteiger charge is -1.98. The van der Waals surface area contributed by atoms with Crippen molar-refractivity contribution in [2.45, 2.75) is 6.42 Å². The van der Waals surface area contributed by atoms with Crippen molar-refractivity contribution in [2.75, 3.05) is 13.0 Å². The van der Waals surface area contributed by atoms with Crippen LogP contribution in [0.1, 0.15) is 22.3 Å². The number of carbonyl (C=O) groups is 2. The van der Waals surface area contributed by atoms with Gasteiger partial charge in [0, 0.05) is 5.56 Å². The van der Waals surface area contributed by atoms with Gasteiger partial charge in [0.15, 0.2) is 5.78 Å². The zero-order valence-corrected chi connectivity index (χ0v) is 10.2. The van der Waals surface area contributed by atoms with Crippen molar-refractivity contribution in [3.63, 3.8) is 0 Å². The first-order valence-corrected chi connectivity index (χ1v) is 5.63. The molecule has 0 atom stereocenters. The van der Waals surface area contributed by atoms with Crippen molar-refractivity contribution < 1.29 is 14.3 Å². The molecule has 3 nitrogen and oxygen atoms in total. The second-order valence-electron chi connectivity index (χ2n) is 3.36. The number of Topliss-reactive ketones (excluding diaryl/α,β-unsaturated/α-hetero) is 1. The van der Waals surface area contributed by atoms with Gasteiger partial charge in [-0.3, -0.25) is 9.59 Å². The smallest absolute Gasteiger partial charge is 0.309 e. The van der Waals surface area contributed by atoms with E-state index in [1.165, 1.54) is 7.11 Å². The quantitative estimate of drug-likeness (QED) is 0.460. The van der Waals surface area contributed by atoms with Crippen LogP contribution in [0.4, 0.5) is 0 Å². The Hall–Kier alpha value is -1.61. The lowest BCUT2D eigenvalue weighted by molar-refractivity contribution is -0.139. The van der Waals surface area contributed by atoms with Crippen molar-refractivity contribution in [1.29, 1.82) is 0 Å². The van der Waals surface area contributed by atoms with Crippen LogP contribution in [0.2, 0.25) is 0 Å². The molecular formula is C13H13ClO3. The van der Waals surface area contributed by atoms with E-state index in [1.807, 2.05) is 0 Å². The van der Waals surface area contributed by atoms with E-state index in [-0.39, 0.29) is 24.1 Å². The normalized spacial score (nSPS) is 10.5. The molecule has 1 aromatic carbocycles. The first-order chi connectivity index (χ1) is 8.17. The fraction of sp³-hybridized carbons (Fsp3) is 0.231. The molecule has 1 rings (SSSR count). The summed E-state index contributed by atoms with van der Waals surface area (Å²) in [4.78, 5) is 22.1. The number of alkyl halides is 1. The van der Waals surface area contributed by atoms with Crippen LogP contribution in [0.15, 0.2) is 30.3 Å². The first-order valence-electron chi connectivity index (χ1n) is 5.10. The summed E-state index contributed by atoms with van der Waals surface area (Å²) >= 11 is 5.45. The maximum Gasteiger partial charge on any atom is 0.309 e. The highest BCUT2D eigenvalue weighted by atomic mass is 35.5. The molecule has 0 aromatic heterocycles. The van der Waals surface area contributed by atoms with E-state index < -0.39 is 0 Å². The molecule has 0 heterocycles. The molecule has 4 heteroatoms. The van der Waals surface area contributed by atoms with Gasteiger partial charge in [0.1, 0.15) is 0 Å². The number of methoxy groups -OCH3 is 1. The molecule has 0 aliphatic rings. The Labute approximate surface area is 105 Å². The summed E-state index contributed by atoms with van der Waals surface area (Å²) in [5.41, 5.74) is 1.50. The Morgan fingerprint density at radius 2 is 1.94 bits per heavy atom. The molecule has 0 saturated carbocycles. The maximum absolute atomic E-state index is 11.3. The summed E-state index contributed by atoms with van der Waals surface area (Å²) in [7, 11) is 1.35. The maximum atomic E-state index is 11.3. The SMILES string of the molecule is COC(=O)CC=Cc1ccc(C(=O)CCl)cc1. The van der Waals surface area contributed by atoms with Crippen molar-refractivity contribution >= 4 is 29.4 Å². The van der Waals surface area contributed by atoms with Crippen LogP contribution in [0.25, 0.3) is 6.08 Å². The minimum Gasteiger partial charge on any atom is -0.469 e. The molecule has 0 amide bonds. The third-order valence-corrected chi connectivity index (χ3v) is 2.42. The van der Waals surface area contributed by atoms with Crippen LogP contribution in [-0.4, -0.2) is 24.7 Å². The molecule has 0 fully saturated rings. The van der Waals surface area contributed by atoms with Gasteiger partial charge in [0.05, 0.1) is 19.4 Å². The molecule has 0 radical (unpaired) electrons. The number of hydrogen-bond donors (Lipinski definition) is 0. The van der Waals surface area contributed by atoms with Gasteiger partial charge < -0.3 is 4.74 Å². The minimum absolute atomic E-state index is 0.0163. The number of rotatable bonds is 5. The lowest BCUT2D eigenvalue weighted by atomic mass is 10.1. The van der Waals surface area contributed by atoms with E-state index in [0.717, 1.165) is 5.56 Å². The molecule has 0 unspecified atom stereocenters. The summed E-state index contributed by atoms with van der Waals surface area (Å²) < 4.78 is 4.50. The molecule has 17 heavy (non-hydrogen) atoms. The van der Waals surface area contributed by atoms with E-state index >= 15 is 0 Å². The van der Waals surface area contributed by atoms with E-state index in [1.54, 1.807) is 36.4 Å². The summed E-state index contributed by atoms with van der Waals surface area (Å²) in [5.74, 6) is -0.399. The second kappa shape index (κ2) is 6.86. The summed E-state index contributed by atoms with van der Waals surface area (Å²) in [5, 5.41) is 0. The average molecular weight is 253 g/mol. The number of carbonyl (C=O) groups excluding carboxylic acids is 2. The fourth-order valence-corrected chi connectivity index (χ4v) is 1.39. The summed E-state index contributed by atoms with van der Waals surface area (Å²) in [6.45, 7) is 0. The largest absolute Gasteiger partial charge is 0.469 e. The standard InChI is InChI=1S/C13H13ClO3/c1-17-13(16)4-2-3-10-5-7-11(8-6-10)12(15)9-14/h2-3,5-8H,4,9H2,1H3. The van der Waals surface area contributed by atoms with Crippen LogP contribution < -0.4 is 0 Å². The monoisotopic (exact) mass is 252 g/mol. The van der Waals surface area contributed by atoms with E-state index in [4.69, 9.17) is 11.6 Å². The van der Waals surface area contributed by atoms with Gasteiger partial charge in [0.25, 0.3) is 0 Å². The van der Waals surface area contributed by atoms with Crippen molar-refractivity contribution in [2.24, 2.45) is 0 Å². The predicted octanol–water partition coefficient (Wildman–Crippen LogP) is 2.68. The Bertz CT molecular complexity index is 421.